The Hall–Kier alpha value is -2.24. The number of primary amides is 1. The van der Waals surface area contributed by atoms with Crippen LogP contribution in [0.1, 0.15) is 19.4 Å². The summed E-state index contributed by atoms with van der Waals surface area (Å²) < 4.78 is 10.8. The summed E-state index contributed by atoms with van der Waals surface area (Å²) in [4.78, 5) is 10.5. The predicted molar refractivity (Wildman–Crippen MR) is 69.1 cm³/mol. The zero-order valence-corrected chi connectivity index (χ0v) is 10.6. The Kier molecular flexibility index (Phi) is 4.98. The van der Waals surface area contributed by atoms with Gasteiger partial charge in [0, 0.05) is 0 Å². The first-order valence-electron chi connectivity index (χ1n) is 5.46. The number of hydrogen-bond acceptors (Lipinski definition) is 4. The third kappa shape index (κ3) is 4.32. The molecule has 0 aliphatic heterocycles. The van der Waals surface area contributed by atoms with Gasteiger partial charge in [0.05, 0.1) is 19.4 Å². The maximum atomic E-state index is 10.5. The number of ether oxygens (including phenoxy) is 2. The van der Waals surface area contributed by atoms with Crippen LogP contribution in [0.4, 0.5) is 4.79 Å². The van der Waals surface area contributed by atoms with E-state index in [0.29, 0.717) is 11.5 Å². The van der Waals surface area contributed by atoms with Gasteiger partial charge >= 0.3 is 6.03 Å². The summed E-state index contributed by atoms with van der Waals surface area (Å²) in [5.41, 5.74) is 7.77. The van der Waals surface area contributed by atoms with Crippen LogP contribution in [0.3, 0.4) is 0 Å². The Morgan fingerprint density at radius 2 is 2.17 bits per heavy atom. The average molecular weight is 251 g/mol. The lowest BCUT2D eigenvalue weighted by Gasteiger charge is -2.13. The molecule has 1 rings (SSSR count). The van der Waals surface area contributed by atoms with Crippen LogP contribution in [0.25, 0.3) is 0 Å². The van der Waals surface area contributed by atoms with Gasteiger partial charge < -0.3 is 15.2 Å². The molecule has 0 unspecified atom stereocenters. The second-order valence-corrected chi connectivity index (χ2v) is 3.81. The Labute approximate surface area is 106 Å². The highest BCUT2D eigenvalue weighted by Gasteiger charge is 2.06. The van der Waals surface area contributed by atoms with Gasteiger partial charge in [-0.1, -0.05) is 0 Å². The average Bonchev–Trinajstić information content (AvgIpc) is 2.28. The molecule has 0 saturated carbocycles. The Morgan fingerprint density at radius 1 is 1.44 bits per heavy atom. The molecule has 0 heterocycles. The molecule has 0 bridgehead atoms. The Balaban J connectivity index is 2.88. The number of urea groups is 1. The SMILES string of the molecule is COc1ccc(/C=N\NC(N)=O)cc1OC(C)C. The molecular formula is C12H17N3O3. The van der Waals surface area contributed by atoms with Gasteiger partial charge in [-0.25, -0.2) is 10.2 Å². The fourth-order valence-corrected chi connectivity index (χ4v) is 1.29. The third-order valence-corrected chi connectivity index (χ3v) is 1.94. The Bertz CT molecular complexity index is 444. The second-order valence-electron chi connectivity index (χ2n) is 3.81. The van der Waals surface area contributed by atoms with E-state index < -0.39 is 6.03 Å². The molecule has 98 valence electrons. The van der Waals surface area contributed by atoms with Crippen LogP contribution in [-0.2, 0) is 0 Å². The second kappa shape index (κ2) is 6.48. The van der Waals surface area contributed by atoms with Crippen LogP contribution in [-0.4, -0.2) is 25.5 Å². The molecule has 0 atom stereocenters. The quantitative estimate of drug-likeness (QED) is 0.614. The van der Waals surface area contributed by atoms with E-state index in [1.165, 1.54) is 6.21 Å². The van der Waals surface area contributed by atoms with E-state index in [1.54, 1.807) is 25.3 Å². The number of nitrogens with zero attached hydrogens (tertiary/aromatic N) is 1. The van der Waals surface area contributed by atoms with Crippen molar-refractivity contribution in [3.63, 3.8) is 0 Å². The van der Waals surface area contributed by atoms with Gasteiger partial charge in [-0.15, -0.1) is 0 Å². The highest BCUT2D eigenvalue weighted by molar-refractivity contribution is 5.82. The van der Waals surface area contributed by atoms with E-state index in [1.807, 2.05) is 13.8 Å². The number of nitrogens with two attached hydrogens (primary N) is 1. The van der Waals surface area contributed by atoms with Crippen molar-refractivity contribution in [1.82, 2.24) is 5.43 Å². The fraction of sp³-hybridized carbons (Fsp3) is 0.333. The molecule has 18 heavy (non-hydrogen) atoms. The molecule has 0 saturated heterocycles. The normalized spacial score (nSPS) is 10.7. The van der Waals surface area contributed by atoms with Crippen molar-refractivity contribution in [2.24, 2.45) is 10.8 Å². The maximum absolute atomic E-state index is 10.5. The number of amides is 2. The monoisotopic (exact) mass is 251 g/mol. The van der Waals surface area contributed by atoms with Crippen LogP contribution in [0, 0.1) is 0 Å². The van der Waals surface area contributed by atoms with E-state index in [2.05, 4.69) is 10.5 Å². The molecule has 1 aromatic carbocycles. The summed E-state index contributed by atoms with van der Waals surface area (Å²) in [5.74, 6) is 1.26. The number of methoxy groups -OCH3 is 1. The van der Waals surface area contributed by atoms with Gasteiger partial charge in [0.2, 0.25) is 0 Å². The molecule has 0 aromatic heterocycles. The van der Waals surface area contributed by atoms with Crippen molar-refractivity contribution >= 4 is 12.2 Å². The smallest absolute Gasteiger partial charge is 0.332 e. The topological polar surface area (TPSA) is 85.9 Å². The van der Waals surface area contributed by atoms with E-state index >= 15 is 0 Å². The highest BCUT2D eigenvalue weighted by Crippen LogP contribution is 2.28. The highest BCUT2D eigenvalue weighted by atomic mass is 16.5. The van der Waals surface area contributed by atoms with Crippen molar-refractivity contribution < 1.29 is 14.3 Å². The molecule has 6 heteroatoms. The van der Waals surface area contributed by atoms with Gasteiger partial charge in [0.1, 0.15) is 0 Å². The first-order chi connectivity index (χ1) is 8.52. The lowest BCUT2D eigenvalue weighted by Crippen LogP contribution is -2.24. The van der Waals surface area contributed by atoms with Crippen molar-refractivity contribution in [2.45, 2.75) is 20.0 Å². The van der Waals surface area contributed by atoms with Gasteiger partial charge in [-0.3, -0.25) is 0 Å². The lowest BCUT2D eigenvalue weighted by molar-refractivity contribution is 0.230. The molecule has 0 radical (unpaired) electrons. The van der Waals surface area contributed by atoms with E-state index in [9.17, 15) is 4.79 Å². The van der Waals surface area contributed by atoms with E-state index in [0.717, 1.165) is 5.56 Å². The molecule has 0 aliphatic carbocycles. The standard InChI is InChI=1S/C12H17N3O3/c1-8(2)18-11-6-9(4-5-10(11)17-3)7-14-15-12(13)16/h4-8H,1-3H3,(H3,13,15,16)/b14-7-. The van der Waals surface area contributed by atoms with Gasteiger partial charge in [-0.05, 0) is 37.6 Å². The molecular weight excluding hydrogens is 234 g/mol. The first kappa shape index (κ1) is 13.8. The molecule has 3 N–H and O–H groups in total. The molecule has 0 spiro atoms. The summed E-state index contributed by atoms with van der Waals surface area (Å²) in [6.45, 7) is 3.85. The third-order valence-electron chi connectivity index (χ3n) is 1.94. The van der Waals surface area contributed by atoms with Crippen molar-refractivity contribution in [3.8, 4) is 11.5 Å². The predicted octanol–water partition coefficient (Wildman–Crippen LogP) is 1.48. The van der Waals surface area contributed by atoms with Crippen LogP contribution in [0.2, 0.25) is 0 Å². The minimum Gasteiger partial charge on any atom is -0.493 e. The maximum Gasteiger partial charge on any atom is 0.332 e. The fourth-order valence-electron chi connectivity index (χ4n) is 1.29. The number of nitrogens with one attached hydrogen (secondary N) is 1. The minimum atomic E-state index is -0.710. The van der Waals surface area contributed by atoms with E-state index in [-0.39, 0.29) is 6.10 Å². The van der Waals surface area contributed by atoms with Gasteiger partial charge in [0.25, 0.3) is 0 Å². The summed E-state index contributed by atoms with van der Waals surface area (Å²) in [5, 5.41) is 3.67. The van der Waals surface area contributed by atoms with Crippen LogP contribution < -0.4 is 20.6 Å². The van der Waals surface area contributed by atoms with Gasteiger partial charge in [-0.2, -0.15) is 5.10 Å². The number of benzene rings is 1. The zero-order valence-electron chi connectivity index (χ0n) is 10.6. The zero-order chi connectivity index (χ0) is 13.5. The largest absolute Gasteiger partial charge is 0.493 e. The summed E-state index contributed by atoms with van der Waals surface area (Å²) in [6, 6.07) is 4.62. The van der Waals surface area contributed by atoms with Crippen LogP contribution in [0.15, 0.2) is 23.3 Å². The van der Waals surface area contributed by atoms with Crippen molar-refractivity contribution in [2.75, 3.05) is 7.11 Å². The molecule has 6 nitrogen and oxygen atoms in total. The Morgan fingerprint density at radius 3 is 2.72 bits per heavy atom. The van der Waals surface area contributed by atoms with Crippen molar-refractivity contribution in [3.05, 3.63) is 23.8 Å². The first-order valence-corrected chi connectivity index (χ1v) is 5.46. The number of carbonyl (C=O) groups is 1. The molecule has 0 fully saturated rings. The minimum absolute atomic E-state index is 0.0369. The van der Waals surface area contributed by atoms with Crippen molar-refractivity contribution in [1.29, 1.82) is 0 Å². The van der Waals surface area contributed by atoms with Gasteiger partial charge in [0.15, 0.2) is 11.5 Å². The number of carbonyl (C=O) groups excluding carboxylic acids is 1. The summed E-state index contributed by atoms with van der Waals surface area (Å²) >= 11 is 0. The molecule has 1 aromatic rings. The summed E-state index contributed by atoms with van der Waals surface area (Å²) in [6.07, 6.45) is 1.51. The summed E-state index contributed by atoms with van der Waals surface area (Å²) in [7, 11) is 1.57. The van der Waals surface area contributed by atoms with E-state index in [4.69, 9.17) is 15.2 Å². The van der Waals surface area contributed by atoms with Crippen LogP contribution in [0.5, 0.6) is 11.5 Å². The number of hydrogen-bond donors (Lipinski definition) is 2. The van der Waals surface area contributed by atoms with Crippen LogP contribution >= 0.6 is 0 Å². The number of rotatable bonds is 5. The number of hydrazone groups is 1. The molecule has 0 aliphatic rings. The molecule has 2 amide bonds. The lowest BCUT2D eigenvalue weighted by atomic mass is 10.2.